The fraction of sp³-hybridized carbons (Fsp3) is 0.857. The van der Waals surface area contributed by atoms with E-state index in [2.05, 4.69) is 5.32 Å². The lowest BCUT2D eigenvalue weighted by Crippen LogP contribution is -2.41. The highest BCUT2D eigenvalue weighted by molar-refractivity contribution is 5.74. The van der Waals surface area contributed by atoms with E-state index >= 15 is 0 Å². The first-order valence-corrected chi connectivity index (χ1v) is 7.31. The van der Waals surface area contributed by atoms with E-state index in [1.54, 1.807) is 11.8 Å². The predicted molar refractivity (Wildman–Crippen MR) is 75.5 cm³/mol. The normalized spacial score (nSPS) is 23.6. The van der Waals surface area contributed by atoms with Gasteiger partial charge < -0.3 is 20.4 Å². The van der Waals surface area contributed by atoms with E-state index in [-0.39, 0.29) is 12.5 Å². The summed E-state index contributed by atoms with van der Waals surface area (Å²) in [7, 11) is 0. The molecule has 6 nitrogen and oxygen atoms in total. The van der Waals surface area contributed by atoms with Gasteiger partial charge in [0.25, 0.3) is 0 Å². The fourth-order valence-electron chi connectivity index (χ4n) is 2.49. The van der Waals surface area contributed by atoms with Crippen molar-refractivity contribution in [2.75, 3.05) is 19.6 Å². The summed E-state index contributed by atoms with van der Waals surface area (Å²) < 4.78 is 0. The number of carbonyl (C=O) groups is 2. The molecule has 1 aliphatic rings. The summed E-state index contributed by atoms with van der Waals surface area (Å²) in [6.45, 7) is 5.27. The quantitative estimate of drug-likeness (QED) is 0.660. The topological polar surface area (TPSA) is 89.9 Å². The number of rotatable bonds is 7. The van der Waals surface area contributed by atoms with Crippen molar-refractivity contribution >= 4 is 12.0 Å². The number of hydrogen-bond donors (Lipinski definition) is 3. The minimum atomic E-state index is -0.773. The molecule has 0 radical (unpaired) electrons. The largest absolute Gasteiger partial charge is 0.481 e. The highest BCUT2D eigenvalue weighted by Crippen LogP contribution is 2.20. The Morgan fingerprint density at radius 3 is 2.60 bits per heavy atom. The van der Waals surface area contributed by atoms with Gasteiger partial charge in [-0.2, -0.15) is 0 Å². The van der Waals surface area contributed by atoms with Crippen LogP contribution in [0.3, 0.4) is 0 Å². The third-order valence-corrected chi connectivity index (χ3v) is 3.91. The lowest BCUT2D eigenvalue weighted by molar-refractivity contribution is -0.137. The summed E-state index contributed by atoms with van der Waals surface area (Å²) >= 11 is 0. The number of β-amino-alcohol motifs (C(OH)–C–C–N with tert-alkyl or cyclic N) is 1. The lowest BCUT2D eigenvalue weighted by Gasteiger charge is -2.20. The maximum absolute atomic E-state index is 11.9. The first-order valence-electron chi connectivity index (χ1n) is 7.31. The van der Waals surface area contributed by atoms with Gasteiger partial charge in [0.15, 0.2) is 0 Å². The molecule has 2 unspecified atom stereocenters. The Balaban J connectivity index is 2.22. The number of hydrogen-bond acceptors (Lipinski definition) is 3. The average molecular weight is 286 g/mol. The van der Waals surface area contributed by atoms with Crippen molar-refractivity contribution in [2.45, 2.75) is 51.6 Å². The van der Waals surface area contributed by atoms with Crippen molar-refractivity contribution in [3.63, 3.8) is 0 Å². The number of urea groups is 1. The number of aliphatic hydroxyl groups is 1. The van der Waals surface area contributed by atoms with E-state index < -0.39 is 11.6 Å². The predicted octanol–water partition coefficient (Wildman–Crippen LogP) is 1.43. The molecule has 6 heteroatoms. The van der Waals surface area contributed by atoms with E-state index in [1.807, 2.05) is 6.92 Å². The minimum absolute atomic E-state index is 0.143. The standard InChI is InChI=1S/C14H26N2O4/c1-3-11(4-5-12(17)18)6-8-15-13(19)16-9-7-14(2,20)10-16/h11,20H,3-10H2,1-2H3,(H,15,19)(H,17,18). The molecule has 116 valence electrons. The summed E-state index contributed by atoms with van der Waals surface area (Å²) in [6, 6.07) is -0.143. The van der Waals surface area contributed by atoms with Crippen molar-refractivity contribution in [3.8, 4) is 0 Å². The minimum Gasteiger partial charge on any atom is -0.481 e. The summed E-state index contributed by atoms with van der Waals surface area (Å²) in [5, 5.41) is 21.3. The summed E-state index contributed by atoms with van der Waals surface area (Å²) in [4.78, 5) is 24.0. The van der Waals surface area contributed by atoms with Gasteiger partial charge in [-0.25, -0.2) is 4.79 Å². The van der Waals surface area contributed by atoms with Crippen molar-refractivity contribution in [1.82, 2.24) is 10.2 Å². The Morgan fingerprint density at radius 1 is 1.40 bits per heavy atom. The monoisotopic (exact) mass is 286 g/mol. The second kappa shape index (κ2) is 7.47. The molecule has 0 saturated carbocycles. The molecule has 0 bridgehead atoms. The summed E-state index contributed by atoms with van der Waals surface area (Å²) in [6.07, 6.45) is 3.15. The van der Waals surface area contributed by atoms with Crippen LogP contribution in [0, 0.1) is 5.92 Å². The Labute approximate surface area is 120 Å². The molecule has 3 N–H and O–H groups in total. The zero-order chi connectivity index (χ0) is 15.2. The zero-order valence-corrected chi connectivity index (χ0v) is 12.4. The van der Waals surface area contributed by atoms with Crippen LogP contribution in [0.5, 0.6) is 0 Å². The van der Waals surface area contributed by atoms with E-state index in [1.165, 1.54) is 0 Å². The van der Waals surface area contributed by atoms with Crippen LogP contribution in [0.15, 0.2) is 0 Å². The van der Waals surface area contributed by atoms with E-state index in [4.69, 9.17) is 5.11 Å². The molecule has 0 aromatic carbocycles. The molecule has 1 saturated heterocycles. The Morgan fingerprint density at radius 2 is 2.10 bits per heavy atom. The molecular formula is C14H26N2O4. The van der Waals surface area contributed by atoms with E-state index in [0.717, 1.165) is 12.8 Å². The van der Waals surface area contributed by atoms with Gasteiger partial charge >= 0.3 is 12.0 Å². The molecule has 0 aromatic heterocycles. The number of carbonyl (C=O) groups excluding carboxylic acids is 1. The van der Waals surface area contributed by atoms with Crippen molar-refractivity contribution in [1.29, 1.82) is 0 Å². The molecule has 1 rings (SSSR count). The molecule has 0 aromatic rings. The molecule has 2 amide bonds. The van der Waals surface area contributed by atoms with Crippen molar-refractivity contribution in [2.24, 2.45) is 5.92 Å². The number of likely N-dealkylation sites (tertiary alicyclic amines) is 1. The number of carboxylic acids is 1. The van der Waals surface area contributed by atoms with Crippen LogP contribution in [0.1, 0.15) is 46.0 Å². The van der Waals surface area contributed by atoms with Gasteiger partial charge in [0.05, 0.1) is 12.1 Å². The molecule has 0 aliphatic carbocycles. The van der Waals surface area contributed by atoms with Crippen LogP contribution < -0.4 is 5.32 Å². The van der Waals surface area contributed by atoms with Gasteiger partial charge in [0.2, 0.25) is 0 Å². The number of nitrogens with zero attached hydrogens (tertiary/aromatic N) is 1. The van der Waals surface area contributed by atoms with Gasteiger partial charge in [-0.05, 0) is 32.1 Å². The number of amides is 2. The van der Waals surface area contributed by atoms with Gasteiger partial charge in [-0.3, -0.25) is 4.79 Å². The number of carboxylic acid groups (broad SMARTS) is 1. The molecule has 1 heterocycles. The van der Waals surface area contributed by atoms with Crippen LogP contribution in [-0.4, -0.2) is 52.3 Å². The zero-order valence-electron chi connectivity index (χ0n) is 12.4. The lowest BCUT2D eigenvalue weighted by atomic mass is 9.97. The Bertz CT molecular complexity index is 344. The highest BCUT2D eigenvalue weighted by Gasteiger charge is 2.33. The van der Waals surface area contributed by atoms with Gasteiger partial charge in [0, 0.05) is 19.5 Å². The number of aliphatic carboxylic acids is 1. The summed E-state index contributed by atoms with van der Waals surface area (Å²) in [5.74, 6) is -0.445. The second-order valence-corrected chi connectivity index (χ2v) is 5.90. The van der Waals surface area contributed by atoms with Gasteiger partial charge in [-0.1, -0.05) is 13.3 Å². The molecule has 20 heavy (non-hydrogen) atoms. The summed E-state index contributed by atoms with van der Waals surface area (Å²) in [5.41, 5.74) is -0.773. The number of nitrogens with one attached hydrogen (secondary N) is 1. The van der Waals surface area contributed by atoms with Crippen molar-refractivity contribution < 1.29 is 19.8 Å². The molecular weight excluding hydrogens is 260 g/mol. The first kappa shape index (κ1) is 16.8. The third-order valence-electron chi connectivity index (χ3n) is 3.91. The van der Waals surface area contributed by atoms with E-state index in [0.29, 0.717) is 38.4 Å². The van der Waals surface area contributed by atoms with Crippen LogP contribution in [0.2, 0.25) is 0 Å². The van der Waals surface area contributed by atoms with Crippen LogP contribution >= 0.6 is 0 Å². The van der Waals surface area contributed by atoms with Gasteiger partial charge in [0.1, 0.15) is 0 Å². The Hall–Kier alpha value is -1.30. The van der Waals surface area contributed by atoms with Crippen molar-refractivity contribution in [3.05, 3.63) is 0 Å². The second-order valence-electron chi connectivity index (χ2n) is 5.90. The molecule has 0 spiro atoms. The SMILES string of the molecule is CCC(CCNC(=O)N1CCC(C)(O)C1)CCC(=O)O. The maximum Gasteiger partial charge on any atom is 0.317 e. The third kappa shape index (κ3) is 5.77. The molecule has 1 aliphatic heterocycles. The Kier molecular flexibility index (Phi) is 6.26. The fourth-order valence-corrected chi connectivity index (χ4v) is 2.49. The van der Waals surface area contributed by atoms with Gasteiger partial charge in [-0.15, -0.1) is 0 Å². The maximum atomic E-state index is 11.9. The van der Waals surface area contributed by atoms with Crippen LogP contribution in [-0.2, 0) is 4.79 Å². The molecule has 2 atom stereocenters. The van der Waals surface area contributed by atoms with Crippen LogP contribution in [0.25, 0.3) is 0 Å². The average Bonchev–Trinajstić information content (AvgIpc) is 2.73. The highest BCUT2D eigenvalue weighted by atomic mass is 16.4. The first-order chi connectivity index (χ1) is 9.34. The van der Waals surface area contributed by atoms with Crippen LogP contribution in [0.4, 0.5) is 4.79 Å². The molecule has 1 fully saturated rings. The smallest absolute Gasteiger partial charge is 0.317 e. The van der Waals surface area contributed by atoms with E-state index in [9.17, 15) is 14.7 Å².